The Morgan fingerprint density at radius 2 is 2.21 bits per heavy atom. The fraction of sp³-hybridized carbons (Fsp3) is 1.00. The molecule has 84 valence electrons. The summed E-state index contributed by atoms with van der Waals surface area (Å²) in [5.74, 6) is 0.550. The van der Waals surface area contributed by atoms with Gasteiger partial charge in [0.15, 0.2) is 9.84 Å². The van der Waals surface area contributed by atoms with Crippen molar-refractivity contribution in [2.24, 2.45) is 0 Å². The molecule has 0 aromatic rings. The molecule has 0 saturated carbocycles. The highest BCUT2D eigenvalue weighted by Crippen LogP contribution is 2.22. The van der Waals surface area contributed by atoms with Gasteiger partial charge in [0.25, 0.3) is 0 Å². The van der Waals surface area contributed by atoms with E-state index in [0.717, 1.165) is 0 Å². The first kappa shape index (κ1) is 11.9. The number of sulfone groups is 1. The molecule has 0 bridgehead atoms. The minimum absolute atomic E-state index is 0.120. The Morgan fingerprint density at radius 3 is 2.64 bits per heavy atom. The lowest BCUT2D eigenvalue weighted by atomic mass is 10.0. The molecule has 1 rings (SSSR count). The zero-order valence-corrected chi connectivity index (χ0v) is 9.86. The molecule has 1 aliphatic rings. The normalized spacial score (nSPS) is 33.1. The molecule has 0 aromatic heterocycles. The van der Waals surface area contributed by atoms with Crippen LogP contribution in [0.1, 0.15) is 20.3 Å². The maximum Gasteiger partial charge on any atom is 0.152 e. The van der Waals surface area contributed by atoms with Crippen LogP contribution in [0.25, 0.3) is 0 Å². The summed E-state index contributed by atoms with van der Waals surface area (Å²) in [6.45, 7) is 4.61. The minimum Gasteiger partial charge on any atom is -0.380 e. The van der Waals surface area contributed by atoms with E-state index in [2.05, 4.69) is 5.32 Å². The van der Waals surface area contributed by atoms with Crippen molar-refractivity contribution in [3.05, 3.63) is 0 Å². The highest BCUT2D eigenvalue weighted by molar-refractivity contribution is 7.91. The summed E-state index contributed by atoms with van der Waals surface area (Å²) in [6, 6.07) is 0. The summed E-state index contributed by atoms with van der Waals surface area (Å²) >= 11 is 0. The minimum atomic E-state index is -2.81. The maximum atomic E-state index is 11.3. The molecule has 0 aliphatic carbocycles. The van der Waals surface area contributed by atoms with Gasteiger partial charge in [-0.3, -0.25) is 0 Å². The van der Waals surface area contributed by atoms with E-state index < -0.39 is 9.84 Å². The predicted molar refractivity (Wildman–Crippen MR) is 56.1 cm³/mol. The Kier molecular flexibility index (Phi) is 3.55. The molecule has 4 nitrogen and oxygen atoms in total. The van der Waals surface area contributed by atoms with E-state index in [9.17, 15) is 8.42 Å². The van der Waals surface area contributed by atoms with E-state index in [1.165, 1.54) is 0 Å². The predicted octanol–water partition coefficient (Wildman–Crippen LogP) is 0.188. The molecule has 0 aromatic carbocycles. The molecule has 0 spiro atoms. The molecule has 2 atom stereocenters. The Hall–Kier alpha value is -0.130. The first-order chi connectivity index (χ1) is 6.37. The SMILES string of the molecule is COC(C)CNC1(C)CCS(=O)(=O)C1. The number of methoxy groups -OCH3 is 1. The smallest absolute Gasteiger partial charge is 0.152 e. The van der Waals surface area contributed by atoms with Gasteiger partial charge >= 0.3 is 0 Å². The monoisotopic (exact) mass is 221 g/mol. The van der Waals surface area contributed by atoms with E-state index in [4.69, 9.17) is 4.74 Å². The van der Waals surface area contributed by atoms with E-state index in [1.807, 2.05) is 13.8 Å². The number of rotatable bonds is 4. The standard InChI is InChI=1S/C9H19NO3S/c1-8(13-3)6-10-9(2)4-5-14(11,12)7-9/h8,10H,4-7H2,1-3H3. The van der Waals surface area contributed by atoms with Gasteiger partial charge in [-0.2, -0.15) is 0 Å². The number of nitrogens with one attached hydrogen (secondary N) is 1. The van der Waals surface area contributed by atoms with Gasteiger partial charge in [0.1, 0.15) is 0 Å². The van der Waals surface area contributed by atoms with Gasteiger partial charge in [0, 0.05) is 19.2 Å². The van der Waals surface area contributed by atoms with Crippen LogP contribution in [0.2, 0.25) is 0 Å². The van der Waals surface area contributed by atoms with Crippen molar-refractivity contribution in [1.82, 2.24) is 5.32 Å². The second-order valence-electron chi connectivity index (χ2n) is 4.33. The van der Waals surface area contributed by atoms with E-state index in [1.54, 1.807) is 7.11 Å². The molecule has 1 N–H and O–H groups in total. The lowest BCUT2D eigenvalue weighted by Gasteiger charge is -2.25. The van der Waals surface area contributed by atoms with E-state index >= 15 is 0 Å². The van der Waals surface area contributed by atoms with Crippen LogP contribution in [-0.4, -0.2) is 45.2 Å². The number of hydrogen-bond donors (Lipinski definition) is 1. The summed E-state index contributed by atoms with van der Waals surface area (Å²) in [4.78, 5) is 0. The molecule has 1 saturated heterocycles. The molecule has 1 fully saturated rings. The third-order valence-corrected chi connectivity index (χ3v) is 4.63. The molecule has 1 aliphatic heterocycles. The van der Waals surface area contributed by atoms with Gasteiger partial charge in [-0.1, -0.05) is 0 Å². The van der Waals surface area contributed by atoms with Crippen molar-refractivity contribution < 1.29 is 13.2 Å². The van der Waals surface area contributed by atoms with Crippen molar-refractivity contribution in [2.45, 2.75) is 31.9 Å². The van der Waals surface area contributed by atoms with Crippen LogP contribution >= 0.6 is 0 Å². The summed E-state index contributed by atoms with van der Waals surface area (Å²) in [7, 11) is -1.16. The average Bonchev–Trinajstić information content (AvgIpc) is 2.37. The Morgan fingerprint density at radius 1 is 1.57 bits per heavy atom. The quantitative estimate of drug-likeness (QED) is 0.736. The van der Waals surface area contributed by atoms with Crippen LogP contribution in [0.4, 0.5) is 0 Å². The fourth-order valence-corrected chi connectivity index (χ4v) is 3.75. The highest BCUT2D eigenvalue weighted by atomic mass is 32.2. The highest BCUT2D eigenvalue weighted by Gasteiger charge is 2.37. The van der Waals surface area contributed by atoms with Gasteiger partial charge in [-0.15, -0.1) is 0 Å². The van der Waals surface area contributed by atoms with Crippen LogP contribution < -0.4 is 5.32 Å². The summed E-state index contributed by atoms with van der Waals surface area (Å²) in [5, 5.41) is 3.26. The molecule has 1 heterocycles. The topological polar surface area (TPSA) is 55.4 Å². The van der Waals surface area contributed by atoms with Crippen LogP contribution in [0.3, 0.4) is 0 Å². The van der Waals surface area contributed by atoms with Crippen LogP contribution in [-0.2, 0) is 14.6 Å². The molecule has 2 unspecified atom stereocenters. The molecular weight excluding hydrogens is 202 g/mol. The van der Waals surface area contributed by atoms with Crippen molar-refractivity contribution in [1.29, 1.82) is 0 Å². The lowest BCUT2D eigenvalue weighted by molar-refractivity contribution is 0.110. The zero-order chi connectivity index (χ0) is 10.8. The summed E-state index contributed by atoms with van der Waals surface area (Å²) < 4.78 is 27.7. The van der Waals surface area contributed by atoms with Crippen LogP contribution in [0.15, 0.2) is 0 Å². The fourth-order valence-electron chi connectivity index (χ4n) is 1.62. The van der Waals surface area contributed by atoms with Crippen molar-refractivity contribution >= 4 is 9.84 Å². The molecule has 5 heteroatoms. The van der Waals surface area contributed by atoms with Crippen LogP contribution in [0.5, 0.6) is 0 Å². The van der Waals surface area contributed by atoms with Gasteiger partial charge in [-0.05, 0) is 20.3 Å². The number of ether oxygens (including phenoxy) is 1. The van der Waals surface area contributed by atoms with E-state index in [0.29, 0.717) is 18.7 Å². The average molecular weight is 221 g/mol. The summed E-state index contributed by atoms with van der Waals surface area (Å²) in [6.07, 6.45) is 0.821. The van der Waals surface area contributed by atoms with Gasteiger partial charge in [0.2, 0.25) is 0 Å². The van der Waals surface area contributed by atoms with Crippen molar-refractivity contribution in [3.8, 4) is 0 Å². The largest absolute Gasteiger partial charge is 0.380 e. The Bertz CT molecular complexity index is 288. The summed E-state index contributed by atoms with van der Waals surface area (Å²) in [5.41, 5.74) is -0.258. The molecular formula is C9H19NO3S. The van der Waals surface area contributed by atoms with Gasteiger partial charge in [0.05, 0.1) is 17.6 Å². The third-order valence-electron chi connectivity index (χ3n) is 2.72. The second kappa shape index (κ2) is 4.16. The van der Waals surface area contributed by atoms with Crippen LogP contribution in [0, 0.1) is 0 Å². The first-order valence-electron chi connectivity index (χ1n) is 4.85. The first-order valence-corrected chi connectivity index (χ1v) is 6.67. The second-order valence-corrected chi connectivity index (χ2v) is 6.51. The number of hydrogen-bond acceptors (Lipinski definition) is 4. The molecule has 14 heavy (non-hydrogen) atoms. The Labute approximate surface area is 85.9 Å². The van der Waals surface area contributed by atoms with Crippen molar-refractivity contribution in [2.75, 3.05) is 25.2 Å². The van der Waals surface area contributed by atoms with Gasteiger partial charge in [-0.25, -0.2) is 8.42 Å². The maximum absolute atomic E-state index is 11.3. The third kappa shape index (κ3) is 3.22. The lowest BCUT2D eigenvalue weighted by Crippen LogP contribution is -2.46. The van der Waals surface area contributed by atoms with Crippen molar-refractivity contribution in [3.63, 3.8) is 0 Å². The zero-order valence-electron chi connectivity index (χ0n) is 9.04. The van der Waals surface area contributed by atoms with E-state index in [-0.39, 0.29) is 17.4 Å². The Balaban J connectivity index is 2.45. The van der Waals surface area contributed by atoms with Gasteiger partial charge < -0.3 is 10.1 Å². The molecule has 0 amide bonds. The molecule has 0 radical (unpaired) electrons.